The second kappa shape index (κ2) is 7.72. The van der Waals surface area contributed by atoms with Crippen molar-refractivity contribution in [2.45, 2.75) is 26.0 Å². The summed E-state index contributed by atoms with van der Waals surface area (Å²) in [6.07, 6.45) is -0.00769. The SMILES string of the molecule is COCC(N)C(=O)Nc1cc(OC)ccc1OC(C)C. The van der Waals surface area contributed by atoms with Gasteiger partial charge >= 0.3 is 0 Å². The molecule has 20 heavy (non-hydrogen) atoms. The number of carbonyl (C=O) groups is 1. The van der Waals surface area contributed by atoms with Crippen molar-refractivity contribution in [3.8, 4) is 11.5 Å². The molecule has 3 N–H and O–H groups in total. The number of nitrogens with one attached hydrogen (secondary N) is 1. The highest BCUT2D eigenvalue weighted by Crippen LogP contribution is 2.30. The molecular weight excluding hydrogens is 260 g/mol. The van der Waals surface area contributed by atoms with Crippen LogP contribution in [0.25, 0.3) is 0 Å². The van der Waals surface area contributed by atoms with E-state index in [1.54, 1.807) is 25.3 Å². The largest absolute Gasteiger partial charge is 0.497 e. The summed E-state index contributed by atoms with van der Waals surface area (Å²) >= 11 is 0. The summed E-state index contributed by atoms with van der Waals surface area (Å²) in [6.45, 7) is 3.97. The average Bonchev–Trinajstić information content (AvgIpc) is 2.40. The molecule has 0 saturated heterocycles. The van der Waals surface area contributed by atoms with Gasteiger partial charge in [-0.2, -0.15) is 0 Å². The molecule has 0 fully saturated rings. The monoisotopic (exact) mass is 282 g/mol. The molecule has 0 aromatic heterocycles. The van der Waals surface area contributed by atoms with Gasteiger partial charge in [-0.15, -0.1) is 0 Å². The molecule has 0 radical (unpaired) electrons. The minimum absolute atomic E-state index is 0.00769. The van der Waals surface area contributed by atoms with E-state index in [1.807, 2.05) is 13.8 Å². The highest BCUT2D eigenvalue weighted by molar-refractivity contribution is 5.96. The molecule has 0 aliphatic rings. The fourth-order valence-electron chi connectivity index (χ4n) is 1.57. The van der Waals surface area contributed by atoms with Crippen molar-refractivity contribution in [1.82, 2.24) is 0 Å². The van der Waals surface area contributed by atoms with E-state index in [0.29, 0.717) is 17.2 Å². The van der Waals surface area contributed by atoms with Crippen LogP contribution in [0.4, 0.5) is 5.69 Å². The van der Waals surface area contributed by atoms with Gasteiger partial charge in [0.2, 0.25) is 5.91 Å². The molecule has 1 amide bonds. The zero-order valence-corrected chi connectivity index (χ0v) is 12.3. The lowest BCUT2D eigenvalue weighted by Crippen LogP contribution is -2.39. The molecule has 0 spiro atoms. The second-order valence-electron chi connectivity index (χ2n) is 4.58. The van der Waals surface area contributed by atoms with Gasteiger partial charge in [-0.05, 0) is 26.0 Å². The van der Waals surface area contributed by atoms with Crippen molar-refractivity contribution in [2.75, 3.05) is 26.1 Å². The van der Waals surface area contributed by atoms with Gasteiger partial charge in [0.05, 0.1) is 25.5 Å². The first kappa shape index (κ1) is 16.3. The molecule has 1 rings (SSSR count). The van der Waals surface area contributed by atoms with Crippen LogP contribution in [0.5, 0.6) is 11.5 Å². The van der Waals surface area contributed by atoms with E-state index in [-0.39, 0.29) is 18.6 Å². The number of benzene rings is 1. The standard InChI is InChI=1S/C14H22N2O4/c1-9(2)20-13-6-5-10(19-4)7-12(13)16-14(17)11(15)8-18-3/h5-7,9,11H,8,15H2,1-4H3,(H,16,17). The van der Waals surface area contributed by atoms with Gasteiger partial charge in [-0.3, -0.25) is 4.79 Å². The van der Waals surface area contributed by atoms with Crippen LogP contribution in [0.2, 0.25) is 0 Å². The molecule has 1 aromatic carbocycles. The van der Waals surface area contributed by atoms with Crippen LogP contribution < -0.4 is 20.5 Å². The van der Waals surface area contributed by atoms with Gasteiger partial charge in [0.25, 0.3) is 0 Å². The van der Waals surface area contributed by atoms with E-state index >= 15 is 0 Å². The number of methoxy groups -OCH3 is 2. The molecule has 0 bridgehead atoms. The third kappa shape index (κ3) is 4.71. The number of nitrogens with two attached hydrogens (primary N) is 1. The molecule has 1 unspecified atom stereocenters. The Kier molecular flexibility index (Phi) is 6.27. The minimum Gasteiger partial charge on any atom is -0.497 e. The summed E-state index contributed by atoms with van der Waals surface area (Å²) in [6, 6.07) is 4.46. The summed E-state index contributed by atoms with van der Waals surface area (Å²) in [5.74, 6) is 0.851. The van der Waals surface area contributed by atoms with Crippen LogP contribution in [0.3, 0.4) is 0 Å². The smallest absolute Gasteiger partial charge is 0.243 e. The van der Waals surface area contributed by atoms with Gasteiger partial charge < -0.3 is 25.3 Å². The molecule has 0 aliphatic carbocycles. The Hall–Kier alpha value is -1.79. The third-order valence-electron chi connectivity index (χ3n) is 2.49. The number of hydrogen-bond acceptors (Lipinski definition) is 5. The number of carbonyl (C=O) groups excluding carboxylic acids is 1. The van der Waals surface area contributed by atoms with E-state index in [1.165, 1.54) is 7.11 Å². The van der Waals surface area contributed by atoms with Crippen molar-refractivity contribution in [3.63, 3.8) is 0 Å². The van der Waals surface area contributed by atoms with E-state index in [4.69, 9.17) is 19.9 Å². The van der Waals surface area contributed by atoms with Crippen LogP contribution in [0.1, 0.15) is 13.8 Å². The Labute approximate surface area is 119 Å². The molecule has 6 nitrogen and oxygen atoms in total. The normalized spacial score (nSPS) is 12.1. The van der Waals surface area contributed by atoms with Crippen LogP contribution in [-0.2, 0) is 9.53 Å². The second-order valence-corrected chi connectivity index (χ2v) is 4.58. The summed E-state index contributed by atoms with van der Waals surface area (Å²) in [4.78, 5) is 11.9. The maximum absolute atomic E-state index is 11.9. The van der Waals surface area contributed by atoms with E-state index in [9.17, 15) is 4.79 Å². The highest BCUT2D eigenvalue weighted by atomic mass is 16.5. The fraction of sp³-hybridized carbons (Fsp3) is 0.500. The molecular formula is C14H22N2O4. The zero-order valence-electron chi connectivity index (χ0n) is 12.3. The first-order valence-corrected chi connectivity index (χ1v) is 6.38. The molecule has 1 atom stereocenters. The first-order chi connectivity index (χ1) is 9.47. The molecule has 112 valence electrons. The Morgan fingerprint density at radius 3 is 2.60 bits per heavy atom. The third-order valence-corrected chi connectivity index (χ3v) is 2.49. The van der Waals surface area contributed by atoms with Crippen molar-refractivity contribution in [1.29, 1.82) is 0 Å². The first-order valence-electron chi connectivity index (χ1n) is 6.38. The maximum Gasteiger partial charge on any atom is 0.243 e. The quantitative estimate of drug-likeness (QED) is 0.789. The zero-order chi connectivity index (χ0) is 15.1. The predicted molar refractivity (Wildman–Crippen MR) is 77.2 cm³/mol. The van der Waals surface area contributed by atoms with Crippen LogP contribution in [0, 0.1) is 0 Å². The predicted octanol–water partition coefficient (Wildman–Crippen LogP) is 1.39. The van der Waals surface area contributed by atoms with Gasteiger partial charge in [-0.1, -0.05) is 0 Å². The lowest BCUT2D eigenvalue weighted by molar-refractivity contribution is -0.118. The van der Waals surface area contributed by atoms with Crippen molar-refractivity contribution in [2.24, 2.45) is 5.73 Å². The number of anilines is 1. The van der Waals surface area contributed by atoms with Gasteiger partial charge in [0.1, 0.15) is 17.5 Å². The molecule has 0 saturated carbocycles. The van der Waals surface area contributed by atoms with E-state index in [0.717, 1.165) is 0 Å². The number of rotatable bonds is 7. The minimum atomic E-state index is -0.738. The van der Waals surface area contributed by atoms with Crippen molar-refractivity contribution < 1.29 is 19.0 Å². The topological polar surface area (TPSA) is 82.8 Å². The molecule has 1 aromatic rings. The summed E-state index contributed by atoms with van der Waals surface area (Å²) in [7, 11) is 3.05. The van der Waals surface area contributed by atoms with Crippen LogP contribution in [0.15, 0.2) is 18.2 Å². The van der Waals surface area contributed by atoms with Gasteiger partial charge in [0, 0.05) is 13.2 Å². The van der Waals surface area contributed by atoms with Gasteiger partial charge in [0.15, 0.2) is 0 Å². The number of hydrogen-bond donors (Lipinski definition) is 2. The fourth-order valence-corrected chi connectivity index (χ4v) is 1.57. The molecule has 6 heteroatoms. The maximum atomic E-state index is 11.9. The molecule has 0 aliphatic heterocycles. The van der Waals surface area contributed by atoms with Crippen molar-refractivity contribution >= 4 is 11.6 Å². The van der Waals surface area contributed by atoms with Gasteiger partial charge in [-0.25, -0.2) is 0 Å². The summed E-state index contributed by atoms with van der Waals surface area (Å²) in [5.41, 5.74) is 6.21. The van der Waals surface area contributed by atoms with Crippen LogP contribution >= 0.6 is 0 Å². The summed E-state index contributed by atoms with van der Waals surface area (Å²) in [5, 5.41) is 2.73. The Balaban J connectivity index is 2.92. The van der Waals surface area contributed by atoms with Crippen LogP contribution in [-0.4, -0.2) is 38.9 Å². The average molecular weight is 282 g/mol. The van der Waals surface area contributed by atoms with E-state index < -0.39 is 6.04 Å². The Morgan fingerprint density at radius 2 is 2.05 bits per heavy atom. The lowest BCUT2D eigenvalue weighted by Gasteiger charge is -2.17. The number of ether oxygens (including phenoxy) is 3. The number of amides is 1. The van der Waals surface area contributed by atoms with Crippen molar-refractivity contribution in [3.05, 3.63) is 18.2 Å². The lowest BCUT2D eigenvalue weighted by atomic mass is 10.2. The molecule has 0 heterocycles. The van der Waals surface area contributed by atoms with E-state index in [2.05, 4.69) is 5.32 Å². The Morgan fingerprint density at radius 1 is 1.35 bits per heavy atom. The Bertz CT molecular complexity index is 449. The highest BCUT2D eigenvalue weighted by Gasteiger charge is 2.16. The summed E-state index contributed by atoms with van der Waals surface area (Å²) < 4.78 is 15.6.